The van der Waals surface area contributed by atoms with E-state index >= 15 is 0 Å². The number of nitrogens with one attached hydrogen (secondary N) is 1. The highest BCUT2D eigenvalue weighted by molar-refractivity contribution is 7.91. The minimum absolute atomic E-state index is 0.0581. The van der Waals surface area contributed by atoms with Gasteiger partial charge >= 0.3 is 0 Å². The van der Waals surface area contributed by atoms with Gasteiger partial charge in [0.2, 0.25) is 0 Å². The quantitative estimate of drug-likeness (QED) is 0.597. The van der Waals surface area contributed by atoms with Crippen LogP contribution in [0.4, 0.5) is 0 Å². The highest BCUT2D eigenvalue weighted by Gasteiger charge is 2.18. The second kappa shape index (κ2) is 8.31. The van der Waals surface area contributed by atoms with Crippen LogP contribution < -0.4 is 0 Å². The fourth-order valence-corrected chi connectivity index (χ4v) is 4.26. The third-order valence-corrected chi connectivity index (χ3v) is 6.40. The number of ether oxygens (including phenoxy) is 1. The average molecular weight is 417 g/mol. The maximum atomic E-state index is 12.3. The summed E-state index contributed by atoms with van der Waals surface area (Å²) in [5, 5.41) is 7.55. The Kier molecular flexibility index (Phi) is 6.03. The van der Waals surface area contributed by atoms with Gasteiger partial charge in [0, 0.05) is 18.2 Å². The monoisotopic (exact) mass is 416 g/mol. The van der Waals surface area contributed by atoms with Gasteiger partial charge in [0.05, 0.1) is 17.3 Å². The second-order valence-corrected chi connectivity index (χ2v) is 8.94. The zero-order valence-electron chi connectivity index (χ0n) is 15.7. The van der Waals surface area contributed by atoms with E-state index < -0.39 is 9.84 Å². The average Bonchev–Trinajstić information content (AvgIpc) is 3.08. The normalized spacial score (nSPS) is 11.5. The van der Waals surface area contributed by atoms with E-state index in [2.05, 4.69) is 16.8 Å². The van der Waals surface area contributed by atoms with Crippen LogP contribution in [0.3, 0.4) is 0 Å². The first-order valence-corrected chi connectivity index (χ1v) is 10.7. The van der Waals surface area contributed by atoms with Gasteiger partial charge in [-0.3, -0.25) is 5.10 Å². The van der Waals surface area contributed by atoms with Crippen LogP contribution in [0.1, 0.15) is 12.5 Å². The number of halogens is 1. The smallest absolute Gasteiger partial charge is 0.180 e. The largest absolute Gasteiger partial charge is 0.384 e. The molecule has 0 spiro atoms. The lowest BCUT2D eigenvalue weighted by atomic mass is 9.99. The summed E-state index contributed by atoms with van der Waals surface area (Å²) < 4.78 is 29.4. The highest BCUT2D eigenvalue weighted by Crippen LogP contribution is 2.36. The Bertz CT molecular complexity index is 1090. The molecule has 1 aromatic heterocycles. The van der Waals surface area contributed by atoms with Gasteiger partial charge in [-0.05, 0) is 30.2 Å². The summed E-state index contributed by atoms with van der Waals surface area (Å²) in [6, 6.07) is 14.5. The van der Waals surface area contributed by atoms with Crippen molar-refractivity contribution < 1.29 is 13.2 Å². The van der Waals surface area contributed by atoms with Crippen LogP contribution in [-0.4, -0.2) is 38.1 Å². The van der Waals surface area contributed by atoms with E-state index in [1.165, 1.54) is 7.11 Å². The maximum absolute atomic E-state index is 12.3. The summed E-state index contributed by atoms with van der Waals surface area (Å²) in [5.41, 5.74) is 5.15. The molecule has 146 valence electrons. The Morgan fingerprint density at radius 3 is 2.29 bits per heavy atom. The molecule has 0 radical (unpaired) electrons. The van der Waals surface area contributed by atoms with Crippen LogP contribution >= 0.6 is 11.6 Å². The molecule has 0 saturated carbocycles. The third-order valence-electron chi connectivity index (χ3n) is 4.43. The van der Waals surface area contributed by atoms with Crippen LogP contribution in [0, 0.1) is 0 Å². The molecule has 0 aliphatic carbocycles. The highest BCUT2D eigenvalue weighted by atomic mass is 35.5. The number of hydrogen-bond acceptors (Lipinski definition) is 4. The molecule has 0 bridgehead atoms. The molecule has 0 saturated heterocycles. The number of rotatable bonds is 7. The fourth-order valence-electron chi connectivity index (χ4n) is 2.85. The lowest BCUT2D eigenvalue weighted by molar-refractivity contribution is 0.217. The predicted molar refractivity (Wildman–Crippen MR) is 113 cm³/mol. The Hall–Kier alpha value is -2.41. The van der Waals surface area contributed by atoms with Gasteiger partial charge in [0.15, 0.2) is 9.84 Å². The van der Waals surface area contributed by atoms with Crippen LogP contribution in [0.25, 0.3) is 28.0 Å². The summed E-state index contributed by atoms with van der Waals surface area (Å²) in [5.74, 6) is -0.0581. The minimum Gasteiger partial charge on any atom is -0.384 e. The van der Waals surface area contributed by atoms with Crippen molar-refractivity contribution in [2.75, 3.05) is 19.5 Å². The Balaban J connectivity index is 1.96. The summed E-state index contributed by atoms with van der Waals surface area (Å²) in [6.07, 6.45) is 0. The standard InChI is InChI=1S/C21H21ClN2O3S/c1-14(2)15-4-6-16(7-5-15)19-20(23-24-21(19)22)17-8-10-18(11-9-17)28(25,26)13-12-27-3/h4-11H,1,12-13H2,2-3H3,(H,23,24). The zero-order chi connectivity index (χ0) is 20.3. The first kappa shape index (κ1) is 20.3. The van der Waals surface area contributed by atoms with E-state index in [0.717, 1.165) is 27.8 Å². The number of sulfone groups is 1. The van der Waals surface area contributed by atoms with Gasteiger partial charge in [-0.25, -0.2) is 8.42 Å². The number of aromatic amines is 1. The molecule has 1 N–H and O–H groups in total. The van der Waals surface area contributed by atoms with Crippen molar-refractivity contribution in [3.05, 3.63) is 65.8 Å². The SMILES string of the molecule is C=C(C)c1ccc(-c2c(-c3ccc(S(=O)(=O)CCOC)cc3)n[nH]c2Cl)cc1. The van der Waals surface area contributed by atoms with Crippen molar-refractivity contribution in [3.63, 3.8) is 0 Å². The van der Waals surface area contributed by atoms with Crippen molar-refractivity contribution in [3.8, 4) is 22.4 Å². The molecule has 0 aliphatic rings. The summed E-state index contributed by atoms with van der Waals surface area (Å²) >= 11 is 6.35. The number of methoxy groups -OCH3 is 1. The molecule has 0 fully saturated rings. The molecule has 0 aliphatic heterocycles. The molecule has 7 heteroatoms. The van der Waals surface area contributed by atoms with Gasteiger partial charge in [-0.1, -0.05) is 60.2 Å². The molecular formula is C21H21ClN2O3S. The molecule has 5 nitrogen and oxygen atoms in total. The first-order valence-electron chi connectivity index (χ1n) is 8.66. The van der Waals surface area contributed by atoms with Crippen molar-refractivity contribution in [1.29, 1.82) is 0 Å². The van der Waals surface area contributed by atoms with Crippen molar-refractivity contribution >= 4 is 27.0 Å². The second-order valence-electron chi connectivity index (χ2n) is 6.45. The van der Waals surface area contributed by atoms with Crippen molar-refractivity contribution in [2.45, 2.75) is 11.8 Å². The number of nitrogens with zero attached hydrogens (tertiary/aromatic N) is 1. The van der Waals surface area contributed by atoms with Gasteiger partial charge in [0.25, 0.3) is 0 Å². The zero-order valence-corrected chi connectivity index (χ0v) is 17.3. The maximum Gasteiger partial charge on any atom is 0.180 e. The van der Waals surface area contributed by atoms with E-state index in [0.29, 0.717) is 10.8 Å². The summed E-state index contributed by atoms with van der Waals surface area (Å²) in [4.78, 5) is 0.252. The lowest BCUT2D eigenvalue weighted by Crippen LogP contribution is -2.11. The number of allylic oxidation sites excluding steroid dienone is 1. The molecule has 3 rings (SSSR count). The van der Waals surface area contributed by atoms with Crippen molar-refractivity contribution in [1.82, 2.24) is 10.2 Å². The molecular weight excluding hydrogens is 396 g/mol. The van der Waals surface area contributed by atoms with Gasteiger partial charge in [-0.2, -0.15) is 5.10 Å². The molecule has 0 atom stereocenters. The Labute approximate surface area is 169 Å². The summed E-state index contributed by atoms with van der Waals surface area (Å²) in [7, 11) is -1.90. The van der Waals surface area contributed by atoms with Gasteiger partial charge in [-0.15, -0.1) is 0 Å². The van der Waals surface area contributed by atoms with Gasteiger partial charge in [0.1, 0.15) is 10.8 Å². The van der Waals surface area contributed by atoms with E-state index in [9.17, 15) is 8.42 Å². The van der Waals surface area contributed by atoms with E-state index in [1.807, 2.05) is 31.2 Å². The summed E-state index contributed by atoms with van der Waals surface area (Å²) in [6.45, 7) is 6.05. The number of benzene rings is 2. The third kappa shape index (κ3) is 4.19. The van der Waals surface area contributed by atoms with Crippen LogP contribution in [0.5, 0.6) is 0 Å². The molecule has 3 aromatic rings. The molecule has 1 heterocycles. The molecule has 0 amide bonds. The Morgan fingerprint density at radius 2 is 1.71 bits per heavy atom. The van der Waals surface area contributed by atoms with Gasteiger partial charge < -0.3 is 4.74 Å². The number of hydrogen-bond donors (Lipinski definition) is 1. The van der Waals surface area contributed by atoms with E-state index in [4.69, 9.17) is 16.3 Å². The molecule has 0 unspecified atom stereocenters. The number of H-pyrrole nitrogens is 1. The number of aromatic nitrogens is 2. The fraction of sp³-hybridized carbons (Fsp3) is 0.190. The van der Waals surface area contributed by atoms with Crippen LogP contribution in [0.2, 0.25) is 5.15 Å². The van der Waals surface area contributed by atoms with E-state index in [1.54, 1.807) is 24.3 Å². The topological polar surface area (TPSA) is 72.1 Å². The molecule has 2 aromatic carbocycles. The minimum atomic E-state index is -3.38. The Morgan fingerprint density at radius 1 is 1.11 bits per heavy atom. The van der Waals surface area contributed by atoms with Crippen LogP contribution in [0.15, 0.2) is 60.0 Å². The van der Waals surface area contributed by atoms with Crippen molar-refractivity contribution in [2.24, 2.45) is 0 Å². The molecule has 28 heavy (non-hydrogen) atoms. The predicted octanol–water partition coefficient (Wildman–Crippen LogP) is 4.85. The van der Waals surface area contributed by atoms with E-state index in [-0.39, 0.29) is 17.3 Å². The first-order chi connectivity index (χ1) is 13.3. The lowest BCUT2D eigenvalue weighted by Gasteiger charge is -2.07. The van der Waals surface area contributed by atoms with Crippen LogP contribution in [-0.2, 0) is 14.6 Å².